The number of aryl methyl sites for hydroxylation is 2. The molecule has 3 aromatic rings. The molecule has 0 bridgehead atoms. The van der Waals surface area contributed by atoms with Crippen molar-refractivity contribution in [2.75, 3.05) is 5.32 Å². The van der Waals surface area contributed by atoms with Crippen molar-refractivity contribution >= 4 is 16.6 Å². The van der Waals surface area contributed by atoms with Gasteiger partial charge in [0.1, 0.15) is 0 Å². The van der Waals surface area contributed by atoms with Crippen molar-refractivity contribution in [2.24, 2.45) is 0 Å². The highest BCUT2D eigenvalue weighted by Crippen LogP contribution is 2.20. The van der Waals surface area contributed by atoms with Gasteiger partial charge in [0.25, 0.3) is 0 Å². The largest absolute Gasteiger partial charge is 0.379 e. The van der Waals surface area contributed by atoms with Gasteiger partial charge in [-0.15, -0.1) is 0 Å². The fourth-order valence-electron chi connectivity index (χ4n) is 2.38. The Hall–Kier alpha value is -2.42. The highest BCUT2D eigenvalue weighted by molar-refractivity contribution is 5.82. The third kappa shape index (κ3) is 2.48. The van der Waals surface area contributed by atoms with Crippen LogP contribution in [0.15, 0.2) is 48.8 Å². The van der Waals surface area contributed by atoms with E-state index in [1.54, 1.807) is 0 Å². The summed E-state index contributed by atoms with van der Waals surface area (Å²) in [6.45, 7) is 4.89. The number of anilines is 1. The Kier molecular flexibility index (Phi) is 3.33. The first-order valence-electron chi connectivity index (χ1n) is 6.74. The fraction of sp³-hybridized carbons (Fsp3) is 0.176. The van der Waals surface area contributed by atoms with E-state index in [4.69, 9.17) is 0 Å². The van der Waals surface area contributed by atoms with E-state index in [1.807, 2.05) is 31.5 Å². The molecule has 0 unspecified atom stereocenters. The Labute approximate surface area is 118 Å². The van der Waals surface area contributed by atoms with Crippen LogP contribution >= 0.6 is 0 Å². The third-order valence-electron chi connectivity index (χ3n) is 3.44. The summed E-state index contributed by atoms with van der Waals surface area (Å²) in [5.74, 6) is 0. The van der Waals surface area contributed by atoms with Crippen LogP contribution in [0.2, 0.25) is 0 Å². The SMILES string of the molecule is Cc1cc(CNc2cnccc2C)c2ccccc2n1. The van der Waals surface area contributed by atoms with Gasteiger partial charge in [-0.2, -0.15) is 0 Å². The molecular weight excluding hydrogens is 246 g/mol. The van der Waals surface area contributed by atoms with Gasteiger partial charge in [-0.05, 0) is 43.2 Å². The van der Waals surface area contributed by atoms with Crippen LogP contribution in [0.4, 0.5) is 5.69 Å². The van der Waals surface area contributed by atoms with Crippen LogP contribution in [0, 0.1) is 13.8 Å². The zero-order valence-electron chi connectivity index (χ0n) is 11.7. The second-order valence-corrected chi connectivity index (χ2v) is 4.98. The van der Waals surface area contributed by atoms with Crippen molar-refractivity contribution in [1.29, 1.82) is 0 Å². The van der Waals surface area contributed by atoms with Crippen molar-refractivity contribution < 1.29 is 0 Å². The minimum absolute atomic E-state index is 0.774. The molecule has 0 fully saturated rings. The zero-order valence-corrected chi connectivity index (χ0v) is 11.7. The van der Waals surface area contributed by atoms with Gasteiger partial charge in [0.15, 0.2) is 0 Å². The number of nitrogens with zero attached hydrogens (tertiary/aromatic N) is 2. The molecule has 1 N–H and O–H groups in total. The molecule has 3 nitrogen and oxygen atoms in total. The number of rotatable bonds is 3. The van der Waals surface area contributed by atoms with Crippen LogP contribution in [0.25, 0.3) is 10.9 Å². The summed E-state index contributed by atoms with van der Waals surface area (Å²) in [6.07, 6.45) is 3.68. The molecule has 0 saturated carbocycles. The van der Waals surface area contributed by atoms with Gasteiger partial charge in [-0.1, -0.05) is 18.2 Å². The first-order valence-corrected chi connectivity index (χ1v) is 6.74. The van der Waals surface area contributed by atoms with Crippen molar-refractivity contribution in [3.05, 3.63) is 65.6 Å². The molecule has 0 amide bonds. The number of para-hydroxylation sites is 1. The quantitative estimate of drug-likeness (QED) is 0.779. The van der Waals surface area contributed by atoms with E-state index >= 15 is 0 Å². The minimum Gasteiger partial charge on any atom is -0.379 e. The smallest absolute Gasteiger partial charge is 0.0708 e. The molecule has 100 valence electrons. The van der Waals surface area contributed by atoms with E-state index in [9.17, 15) is 0 Å². The van der Waals surface area contributed by atoms with E-state index in [1.165, 1.54) is 16.5 Å². The molecule has 2 heterocycles. The van der Waals surface area contributed by atoms with Crippen molar-refractivity contribution in [3.8, 4) is 0 Å². The Morgan fingerprint density at radius 1 is 1.10 bits per heavy atom. The van der Waals surface area contributed by atoms with Gasteiger partial charge in [-0.25, -0.2) is 0 Å². The Bertz CT molecular complexity index is 750. The minimum atomic E-state index is 0.774. The van der Waals surface area contributed by atoms with E-state index in [2.05, 4.69) is 46.5 Å². The molecule has 20 heavy (non-hydrogen) atoms. The molecule has 0 aliphatic rings. The second kappa shape index (κ2) is 5.29. The molecule has 0 spiro atoms. The van der Waals surface area contributed by atoms with Gasteiger partial charge >= 0.3 is 0 Å². The maximum absolute atomic E-state index is 4.57. The molecular formula is C17H17N3. The van der Waals surface area contributed by atoms with Crippen LogP contribution in [-0.4, -0.2) is 9.97 Å². The Balaban J connectivity index is 1.93. The molecule has 0 aliphatic carbocycles. The summed E-state index contributed by atoms with van der Waals surface area (Å²) in [4.78, 5) is 8.73. The van der Waals surface area contributed by atoms with Crippen LogP contribution in [0.5, 0.6) is 0 Å². The Morgan fingerprint density at radius 2 is 1.95 bits per heavy atom. The van der Waals surface area contributed by atoms with E-state index in [0.717, 1.165) is 23.4 Å². The first-order chi connectivity index (χ1) is 9.74. The van der Waals surface area contributed by atoms with E-state index in [0.29, 0.717) is 0 Å². The maximum atomic E-state index is 4.57. The van der Waals surface area contributed by atoms with Crippen LogP contribution in [0.3, 0.4) is 0 Å². The van der Waals surface area contributed by atoms with Crippen LogP contribution < -0.4 is 5.32 Å². The van der Waals surface area contributed by atoms with E-state index < -0.39 is 0 Å². The molecule has 0 aliphatic heterocycles. The highest BCUT2D eigenvalue weighted by atomic mass is 14.9. The van der Waals surface area contributed by atoms with Gasteiger partial charge in [0.2, 0.25) is 0 Å². The molecule has 0 radical (unpaired) electrons. The summed E-state index contributed by atoms with van der Waals surface area (Å²) in [5, 5.41) is 4.66. The first kappa shape index (κ1) is 12.6. The monoisotopic (exact) mass is 263 g/mol. The normalized spacial score (nSPS) is 10.7. The lowest BCUT2D eigenvalue weighted by Crippen LogP contribution is -2.03. The number of fused-ring (bicyclic) bond motifs is 1. The Morgan fingerprint density at radius 3 is 2.80 bits per heavy atom. The van der Waals surface area contributed by atoms with Crippen molar-refractivity contribution in [1.82, 2.24) is 9.97 Å². The fourth-order valence-corrected chi connectivity index (χ4v) is 2.38. The lowest BCUT2D eigenvalue weighted by atomic mass is 10.1. The number of pyridine rings is 2. The van der Waals surface area contributed by atoms with Gasteiger partial charge in [0.05, 0.1) is 17.4 Å². The summed E-state index contributed by atoms with van der Waals surface area (Å²) in [5.41, 5.74) is 5.63. The lowest BCUT2D eigenvalue weighted by Gasteiger charge is -2.11. The second-order valence-electron chi connectivity index (χ2n) is 4.98. The number of aromatic nitrogens is 2. The van der Waals surface area contributed by atoms with Gasteiger partial charge in [0, 0.05) is 23.8 Å². The van der Waals surface area contributed by atoms with Crippen LogP contribution in [-0.2, 0) is 6.54 Å². The predicted molar refractivity (Wildman–Crippen MR) is 82.8 cm³/mol. The third-order valence-corrected chi connectivity index (χ3v) is 3.44. The van der Waals surface area contributed by atoms with Gasteiger partial charge in [-0.3, -0.25) is 9.97 Å². The number of hydrogen-bond acceptors (Lipinski definition) is 3. The molecule has 2 aromatic heterocycles. The lowest BCUT2D eigenvalue weighted by molar-refractivity contribution is 1.11. The van der Waals surface area contributed by atoms with Crippen molar-refractivity contribution in [2.45, 2.75) is 20.4 Å². The summed E-state index contributed by atoms with van der Waals surface area (Å²) in [6, 6.07) is 12.4. The van der Waals surface area contributed by atoms with Gasteiger partial charge < -0.3 is 5.32 Å². The topological polar surface area (TPSA) is 37.8 Å². The number of hydrogen-bond donors (Lipinski definition) is 1. The molecule has 0 atom stereocenters. The summed E-state index contributed by atoms with van der Waals surface area (Å²) < 4.78 is 0. The molecule has 1 aromatic carbocycles. The standard InChI is InChI=1S/C17H17N3/c1-12-7-8-18-11-17(12)19-10-14-9-13(2)20-16-6-4-3-5-15(14)16/h3-9,11,19H,10H2,1-2H3. The van der Waals surface area contributed by atoms with Crippen molar-refractivity contribution in [3.63, 3.8) is 0 Å². The summed E-state index contributed by atoms with van der Waals surface area (Å²) >= 11 is 0. The zero-order chi connectivity index (χ0) is 13.9. The van der Waals surface area contributed by atoms with Crippen LogP contribution in [0.1, 0.15) is 16.8 Å². The molecule has 0 saturated heterocycles. The average molecular weight is 263 g/mol. The number of benzene rings is 1. The number of nitrogens with one attached hydrogen (secondary N) is 1. The molecule has 3 heteroatoms. The summed E-state index contributed by atoms with van der Waals surface area (Å²) in [7, 11) is 0. The highest BCUT2D eigenvalue weighted by Gasteiger charge is 2.04. The maximum Gasteiger partial charge on any atom is 0.0708 e. The van der Waals surface area contributed by atoms with E-state index in [-0.39, 0.29) is 0 Å². The molecule has 3 rings (SSSR count). The predicted octanol–water partition coefficient (Wildman–Crippen LogP) is 3.86. The average Bonchev–Trinajstić information content (AvgIpc) is 2.46.